The van der Waals surface area contributed by atoms with Crippen molar-refractivity contribution in [1.82, 2.24) is 9.88 Å². The third kappa shape index (κ3) is 3.82. The molecular weight excluding hydrogens is 444 g/mol. The van der Waals surface area contributed by atoms with E-state index in [2.05, 4.69) is 14.7 Å². The number of nitrogens with one attached hydrogen (secondary N) is 1. The first-order valence-electron chi connectivity index (χ1n) is 10.4. The number of rotatable bonds is 3. The Balaban J connectivity index is 1.31. The van der Waals surface area contributed by atoms with Crippen molar-refractivity contribution < 1.29 is 13.2 Å². The van der Waals surface area contributed by atoms with Crippen LogP contribution in [-0.4, -0.2) is 43.1 Å². The molecule has 1 N–H and O–H groups in total. The molecule has 32 heavy (non-hydrogen) atoms. The molecule has 0 bridgehead atoms. The SMILES string of the molecule is Cc1ccccc1-c1csc(NC(=O)C2CCCN(C3=NS(=O)(=O)c4ccccc43)C2)n1. The summed E-state index contributed by atoms with van der Waals surface area (Å²) >= 11 is 1.40. The molecule has 0 radical (unpaired) electrons. The molecule has 1 saturated heterocycles. The van der Waals surface area contributed by atoms with Crippen molar-refractivity contribution >= 4 is 38.2 Å². The number of thiazole rings is 1. The third-order valence-corrected chi connectivity index (χ3v) is 7.94. The van der Waals surface area contributed by atoms with Crippen molar-refractivity contribution in [2.45, 2.75) is 24.7 Å². The fourth-order valence-corrected chi connectivity index (χ4v) is 6.16. The molecule has 2 aliphatic heterocycles. The summed E-state index contributed by atoms with van der Waals surface area (Å²) in [6, 6.07) is 14.9. The Labute approximate surface area is 190 Å². The molecule has 2 aromatic carbocycles. The van der Waals surface area contributed by atoms with E-state index in [4.69, 9.17) is 0 Å². The Kier molecular flexibility index (Phi) is 5.30. The average Bonchev–Trinajstić information content (AvgIpc) is 3.36. The lowest BCUT2D eigenvalue weighted by Crippen LogP contribution is -2.43. The second-order valence-corrected chi connectivity index (χ2v) is 10.4. The van der Waals surface area contributed by atoms with Crippen molar-refractivity contribution in [3.8, 4) is 11.3 Å². The first-order chi connectivity index (χ1) is 15.4. The zero-order valence-corrected chi connectivity index (χ0v) is 19.1. The summed E-state index contributed by atoms with van der Waals surface area (Å²) in [5, 5.41) is 5.46. The van der Waals surface area contributed by atoms with Crippen LogP contribution in [-0.2, 0) is 14.8 Å². The van der Waals surface area contributed by atoms with Gasteiger partial charge >= 0.3 is 0 Å². The summed E-state index contributed by atoms with van der Waals surface area (Å²) in [6.07, 6.45) is 1.52. The van der Waals surface area contributed by atoms with Crippen LogP contribution in [0.3, 0.4) is 0 Å². The minimum atomic E-state index is -3.68. The van der Waals surface area contributed by atoms with Gasteiger partial charge in [0.25, 0.3) is 10.0 Å². The molecule has 0 spiro atoms. The zero-order valence-electron chi connectivity index (χ0n) is 17.5. The standard InChI is InChI=1S/C23H22N4O3S2/c1-15-7-2-3-9-17(15)19-14-31-23(24-19)25-22(28)16-8-6-12-27(13-16)21-18-10-4-5-11-20(18)32(29,30)26-21/h2-5,7,9-11,14,16H,6,8,12-13H2,1H3,(H,24,25,28). The molecule has 1 aromatic heterocycles. The van der Waals surface area contributed by atoms with E-state index in [9.17, 15) is 13.2 Å². The number of fused-ring (bicyclic) bond motifs is 1. The smallest absolute Gasteiger partial charge is 0.285 e. The van der Waals surface area contributed by atoms with Crippen LogP contribution in [0, 0.1) is 12.8 Å². The van der Waals surface area contributed by atoms with Gasteiger partial charge in [0.1, 0.15) is 4.90 Å². The van der Waals surface area contributed by atoms with Gasteiger partial charge in [-0.2, -0.15) is 8.42 Å². The number of carbonyl (C=O) groups is 1. The lowest BCUT2D eigenvalue weighted by molar-refractivity contribution is -0.121. The predicted molar refractivity (Wildman–Crippen MR) is 125 cm³/mol. The van der Waals surface area contributed by atoms with Gasteiger partial charge in [-0.25, -0.2) is 4.98 Å². The number of benzene rings is 2. The second-order valence-electron chi connectivity index (χ2n) is 8.01. The molecule has 3 aromatic rings. The number of sulfonamides is 1. The van der Waals surface area contributed by atoms with Crippen LogP contribution in [0.2, 0.25) is 0 Å². The highest BCUT2D eigenvalue weighted by molar-refractivity contribution is 7.90. The molecule has 1 unspecified atom stereocenters. The van der Waals surface area contributed by atoms with Crippen molar-refractivity contribution in [3.05, 3.63) is 65.0 Å². The maximum absolute atomic E-state index is 13.0. The van der Waals surface area contributed by atoms with E-state index >= 15 is 0 Å². The first-order valence-corrected chi connectivity index (χ1v) is 12.8. The summed E-state index contributed by atoms with van der Waals surface area (Å²) < 4.78 is 28.8. The Hall–Kier alpha value is -3.04. The van der Waals surface area contributed by atoms with E-state index in [-0.39, 0.29) is 16.7 Å². The molecule has 0 saturated carbocycles. The number of nitrogens with zero attached hydrogens (tertiary/aromatic N) is 3. The van der Waals surface area contributed by atoms with Gasteiger partial charge in [0, 0.05) is 29.6 Å². The summed E-state index contributed by atoms with van der Waals surface area (Å²) in [5.41, 5.74) is 3.63. The molecule has 3 heterocycles. The number of aryl methyl sites for hydroxylation is 1. The monoisotopic (exact) mass is 466 g/mol. The molecule has 5 rings (SSSR count). The molecule has 0 aliphatic carbocycles. The Morgan fingerprint density at radius 1 is 1.12 bits per heavy atom. The maximum atomic E-state index is 13.0. The number of piperidine rings is 1. The highest BCUT2D eigenvalue weighted by atomic mass is 32.2. The van der Waals surface area contributed by atoms with Crippen molar-refractivity contribution in [2.24, 2.45) is 10.3 Å². The zero-order chi connectivity index (χ0) is 22.3. The van der Waals surface area contributed by atoms with E-state index in [0.29, 0.717) is 29.6 Å². The van der Waals surface area contributed by atoms with Gasteiger partial charge in [0.05, 0.1) is 11.6 Å². The highest BCUT2D eigenvalue weighted by Crippen LogP contribution is 2.31. The fraction of sp³-hybridized carbons (Fsp3) is 0.261. The Morgan fingerprint density at radius 2 is 1.88 bits per heavy atom. The number of hydrogen-bond donors (Lipinski definition) is 1. The number of likely N-dealkylation sites (tertiary alicyclic amines) is 1. The van der Waals surface area contributed by atoms with E-state index in [1.807, 2.05) is 41.5 Å². The number of hydrogen-bond acceptors (Lipinski definition) is 6. The number of anilines is 1. The molecule has 1 amide bonds. The van der Waals surface area contributed by atoms with Crippen LogP contribution in [0.4, 0.5) is 5.13 Å². The van der Waals surface area contributed by atoms with E-state index in [0.717, 1.165) is 29.7 Å². The summed E-state index contributed by atoms with van der Waals surface area (Å²) in [4.78, 5) is 19.7. The molecular formula is C23H22N4O3S2. The van der Waals surface area contributed by atoms with Crippen LogP contribution >= 0.6 is 11.3 Å². The van der Waals surface area contributed by atoms with Gasteiger partial charge in [0.15, 0.2) is 11.0 Å². The largest absolute Gasteiger partial charge is 0.355 e. The predicted octanol–water partition coefficient (Wildman–Crippen LogP) is 3.92. The van der Waals surface area contributed by atoms with E-state index in [1.54, 1.807) is 24.3 Å². The molecule has 7 nitrogen and oxygen atoms in total. The van der Waals surface area contributed by atoms with Crippen LogP contribution in [0.25, 0.3) is 11.3 Å². The number of amidine groups is 1. The van der Waals surface area contributed by atoms with Gasteiger partial charge in [-0.3, -0.25) is 4.79 Å². The number of carbonyl (C=O) groups excluding carboxylic acids is 1. The van der Waals surface area contributed by atoms with Gasteiger partial charge in [-0.05, 0) is 37.5 Å². The van der Waals surface area contributed by atoms with Gasteiger partial charge in [-0.15, -0.1) is 15.7 Å². The quantitative estimate of drug-likeness (QED) is 0.632. The Morgan fingerprint density at radius 3 is 2.69 bits per heavy atom. The van der Waals surface area contributed by atoms with Crippen molar-refractivity contribution in [2.75, 3.05) is 18.4 Å². The van der Waals surface area contributed by atoms with Crippen LogP contribution in [0.1, 0.15) is 24.0 Å². The summed E-state index contributed by atoms with van der Waals surface area (Å²) in [7, 11) is -3.68. The third-order valence-electron chi connectivity index (χ3n) is 5.86. The first kappa shape index (κ1) is 20.8. The van der Waals surface area contributed by atoms with E-state index < -0.39 is 10.0 Å². The average molecular weight is 467 g/mol. The molecule has 1 fully saturated rings. The van der Waals surface area contributed by atoms with Gasteiger partial charge < -0.3 is 10.2 Å². The lowest BCUT2D eigenvalue weighted by atomic mass is 9.96. The molecule has 164 valence electrons. The summed E-state index contributed by atoms with van der Waals surface area (Å²) in [6.45, 7) is 3.12. The normalized spacial score (nSPS) is 19.3. The van der Waals surface area contributed by atoms with Crippen molar-refractivity contribution in [1.29, 1.82) is 0 Å². The molecule has 2 aliphatic rings. The topological polar surface area (TPSA) is 91.7 Å². The van der Waals surface area contributed by atoms with E-state index in [1.165, 1.54) is 11.3 Å². The lowest BCUT2D eigenvalue weighted by Gasteiger charge is -2.33. The minimum absolute atomic E-state index is 0.102. The number of amides is 1. The van der Waals surface area contributed by atoms with Crippen molar-refractivity contribution in [3.63, 3.8) is 0 Å². The van der Waals surface area contributed by atoms with Crippen LogP contribution in [0.5, 0.6) is 0 Å². The molecule has 1 atom stereocenters. The van der Waals surface area contributed by atoms with Gasteiger partial charge in [0.2, 0.25) is 5.91 Å². The summed E-state index contributed by atoms with van der Waals surface area (Å²) in [5.74, 6) is 0.0667. The Bertz CT molecular complexity index is 1330. The van der Waals surface area contributed by atoms with Crippen LogP contribution in [0.15, 0.2) is 63.2 Å². The molecule has 9 heteroatoms. The fourth-order valence-electron chi connectivity index (χ4n) is 4.22. The van der Waals surface area contributed by atoms with Gasteiger partial charge in [-0.1, -0.05) is 36.4 Å². The second kappa shape index (κ2) is 8.14. The maximum Gasteiger partial charge on any atom is 0.285 e. The highest BCUT2D eigenvalue weighted by Gasteiger charge is 2.35. The minimum Gasteiger partial charge on any atom is -0.355 e. The van der Waals surface area contributed by atoms with Crippen LogP contribution < -0.4 is 5.32 Å². The number of aromatic nitrogens is 1.